The molecule has 12 heteroatoms. The summed E-state index contributed by atoms with van der Waals surface area (Å²) in [4.78, 5) is 57.6. The Balaban J connectivity index is 1.15. The Kier molecular flexibility index (Phi) is 6.65. The van der Waals surface area contributed by atoms with E-state index in [9.17, 15) is 19.2 Å². The molecule has 2 aromatic heterocycles. The Hall–Kier alpha value is -2.89. The maximum Gasteiger partial charge on any atom is 0.308 e. The monoisotopic (exact) mass is 667 g/mol. The van der Waals surface area contributed by atoms with Crippen LogP contribution in [0.25, 0.3) is 0 Å². The predicted octanol–water partition coefficient (Wildman–Crippen LogP) is 6.59. The summed E-state index contributed by atoms with van der Waals surface area (Å²) in [6.45, 7) is -0.114. The van der Waals surface area contributed by atoms with Gasteiger partial charge in [-0.25, -0.2) is 0 Å². The van der Waals surface area contributed by atoms with Crippen LogP contribution in [0.3, 0.4) is 0 Å². The first kappa shape index (κ1) is 27.6. The SMILES string of the molecule is O=C(Cn1c2c(sc1=O)C(c1cccs1)C1C3CC(C1S2)C1C(=O)N(c2ccc(Cl)cc2)C(=O)C31)Nc1ccc(Cl)cc1. The van der Waals surface area contributed by atoms with Crippen molar-refractivity contribution < 1.29 is 14.4 Å². The molecular formula is C31H23Cl2N3O4S3. The molecule has 0 spiro atoms. The number of thioether (sulfide) groups is 1. The Bertz CT molecular complexity index is 1840. The first-order valence-corrected chi connectivity index (χ1v) is 17.3. The first-order chi connectivity index (χ1) is 20.8. The van der Waals surface area contributed by atoms with Gasteiger partial charge in [-0.3, -0.25) is 28.6 Å². The number of fused-ring (bicyclic) bond motifs is 9. The van der Waals surface area contributed by atoms with Gasteiger partial charge in [-0.1, -0.05) is 40.6 Å². The normalized spacial score (nSPS) is 28.6. The molecule has 4 aliphatic rings. The van der Waals surface area contributed by atoms with Crippen LogP contribution in [0.4, 0.5) is 11.4 Å². The molecule has 218 valence electrons. The van der Waals surface area contributed by atoms with Crippen LogP contribution in [0.1, 0.15) is 22.1 Å². The van der Waals surface area contributed by atoms with Crippen molar-refractivity contribution >= 4 is 86.7 Å². The van der Waals surface area contributed by atoms with Gasteiger partial charge < -0.3 is 5.32 Å². The van der Waals surface area contributed by atoms with Crippen molar-refractivity contribution in [2.75, 3.05) is 10.2 Å². The number of nitrogens with one attached hydrogen (secondary N) is 1. The maximum absolute atomic E-state index is 13.9. The molecule has 0 radical (unpaired) electrons. The molecular weight excluding hydrogens is 645 g/mol. The van der Waals surface area contributed by atoms with Crippen LogP contribution in [0.15, 0.2) is 75.9 Å². The number of rotatable bonds is 5. The van der Waals surface area contributed by atoms with Crippen LogP contribution >= 0.6 is 57.6 Å². The van der Waals surface area contributed by atoms with E-state index in [4.69, 9.17) is 23.2 Å². The number of benzene rings is 2. The second-order valence-corrected chi connectivity index (χ2v) is 15.4. The molecule has 43 heavy (non-hydrogen) atoms. The lowest BCUT2D eigenvalue weighted by atomic mass is 9.69. The molecule has 4 aromatic rings. The molecule has 7 atom stereocenters. The van der Waals surface area contributed by atoms with E-state index >= 15 is 0 Å². The summed E-state index contributed by atoms with van der Waals surface area (Å²) in [5, 5.41) is 6.86. The quantitative estimate of drug-likeness (QED) is 0.243. The van der Waals surface area contributed by atoms with Crippen LogP contribution in [0.5, 0.6) is 0 Å². The van der Waals surface area contributed by atoms with Crippen molar-refractivity contribution in [2.24, 2.45) is 29.6 Å². The second kappa shape index (κ2) is 10.3. The van der Waals surface area contributed by atoms with Gasteiger partial charge in [-0.05, 0) is 84.2 Å². The average molecular weight is 669 g/mol. The zero-order valence-corrected chi connectivity index (χ0v) is 26.3. The van der Waals surface area contributed by atoms with Gasteiger partial charge >= 0.3 is 4.87 Å². The fraction of sp³-hybridized carbons (Fsp3) is 0.290. The Morgan fingerprint density at radius 1 is 0.907 bits per heavy atom. The minimum absolute atomic E-state index is 0.000656. The Morgan fingerprint density at radius 2 is 1.58 bits per heavy atom. The predicted molar refractivity (Wildman–Crippen MR) is 170 cm³/mol. The number of nitrogens with zero attached hydrogens (tertiary/aromatic N) is 2. The standard InChI is InChI=1S/C31H23Cl2N3O4S3/c32-14-3-7-16(8-4-14)34-21(37)13-35-30-27(43-31(35)40)25(20-2-1-11-41-20)22-18-12-19(26(22)42-30)24-23(18)28(38)36(29(24)39)17-9-5-15(33)6-10-17/h1-11,18-19,22-26H,12-13H2,(H,34,37). The minimum Gasteiger partial charge on any atom is -0.325 e. The fourth-order valence-corrected chi connectivity index (χ4v) is 12.1. The molecule has 3 fully saturated rings. The second-order valence-electron chi connectivity index (χ2n) is 11.4. The lowest BCUT2D eigenvalue weighted by Gasteiger charge is -2.42. The van der Waals surface area contributed by atoms with Gasteiger partial charge in [0.25, 0.3) is 0 Å². The number of thiophene rings is 1. The van der Waals surface area contributed by atoms with E-state index in [2.05, 4.69) is 11.4 Å². The molecule has 3 amide bonds. The molecule has 2 saturated carbocycles. The zero-order valence-electron chi connectivity index (χ0n) is 22.3. The third-order valence-corrected chi connectivity index (χ3v) is 13.6. The molecule has 2 aliphatic heterocycles. The number of halogens is 2. The highest BCUT2D eigenvalue weighted by molar-refractivity contribution is 8.00. The molecule has 7 unspecified atom stereocenters. The van der Waals surface area contributed by atoms with Crippen LogP contribution in [-0.2, 0) is 20.9 Å². The highest BCUT2D eigenvalue weighted by Gasteiger charge is 2.70. The van der Waals surface area contributed by atoms with E-state index in [1.54, 1.807) is 76.2 Å². The van der Waals surface area contributed by atoms with Crippen molar-refractivity contribution in [1.29, 1.82) is 0 Å². The number of thiazole rings is 1. The number of carbonyl (C=O) groups excluding carboxylic acids is 3. The largest absolute Gasteiger partial charge is 0.325 e. The molecule has 1 N–H and O–H groups in total. The van der Waals surface area contributed by atoms with Crippen molar-refractivity contribution in [1.82, 2.24) is 4.57 Å². The summed E-state index contributed by atoms with van der Waals surface area (Å²) < 4.78 is 1.58. The van der Waals surface area contributed by atoms with Gasteiger partial charge in [0.05, 0.1) is 22.5 Å². The van der Waals surface area contributed by atoms with E-state index in [1.807, 2.05) is 11.4 Å². The summed E-state index contributed by atoms with van der Waals surface area (Å²) in [6, 6.07) is 17.8. The van der Waals surface area contributed by atoms with Gasteiger partial charge in [0, 0.05) is 36.7 Å². The third kappa shape index (κ3) is 4.29. The maximum atomic E-state index is 13.9. The van der Waals surface area contributed by atoms with E-state index in [1.165, 1.54) is 16.2 Å². The zero-order chi connectivity index (χ0) is 29.6. The summed E-state index contributed by atoms with van der Waals surface area (Å²) in [7, 11) is 0. The van der Waals surface area contributed by atoms with Crippen LogP contribution in [0.2, 0.25) is 10.0 Å². The van der Waals surface area contributed by atoms with Gasteiger partial charge in [-0.2, -0.15) is 0 Å². The molecule has 8 rings (SSSR count). The first-order valence-electron chi connectivity index (χ1n) is 13.9. The molecule has 7 nitrogen and oxygen atoms in total. The number of imide groups is 1. The highest BCUT2D eigenvalue weighted by Crippen LogP contribution is 2.69. The van der Waals surface area contributed by atoms with Gasteiger partial charge in [0.15, 0.2) is 0 Å². The van der Waals surface area contributed by atoms with Gasteiger partial charge in [-0.15, -0.1) is 23.1 Å². The highest BCUT2D eigenvalue weighted by atomic mass is 35.5. The number of amides is 3. The van der Waals surface area contributed by atoms with Crippen LogP contribution in [-0.4, -0.2) is 27.5 Å². The summed E-state index contributed by atoms with van der Waals surface area (Å²) in [5.41, 5.74) is 1.16. The molecule has 2 bridgehead atoms. The van der Waals surface area contributed by atoms with Crippen molar-refractivity contribution in [3.8, 4) is 0 Å². The lowest BCUT2D eigenvalue weighted by molar-refractivity contribution is -0.123. The fourth-order valence-electron chi connectivity index (χ4n) is 7.76. The van der Waals surface area contributed by atoms with E-state index < -0.39 is 0 Å². The van der Waals surface area contributed by atoms with Crippen LogP contribution < -0.4 is 15.1 Å². The molecule has 2 aliphatic carbocycles. The third-order valence-electron chi connectivity index (χ3n) is 9.31. The number of hydrogen-bond acceptors (Lipinski definition) is 7. The number of carbonyl (C=O) groups is 3. The summed E-state index contributed by atoms with van der Waals surface area (Å²) in [6.07, 6.45) is 0.807. The summed E-state index contributed by atoms with van der Waals surface area (Å²) >= 11 is 16.5. The number of hydrogen-bond donors (Lipinski definition) is 1. The lowest BCUT2D eigenvalue weighted by Crippen LogP contribution is -2.43. The van der Waals surface area contributed by atoms with E-state index in [0.29, 0.717) is 21.4 Å². The molecule has 2 aromatic carbocycles. The van der Waals surface area contributed by atoms with Crippen molar-refractivity contribution in [3.05, 3.63) is 95.5 Å². The number of aromatic nitrogens is 1. The summed E-state index contributed by atoms with van der Waals surface area (Å²) in [5.74, 6) is -1.27. The van der Waals surface area contributed by atoms with Gasteiger partial charge in [0.2, 0.25) is 17.7 Å². The van der Waals surface area contributed by atoms with Gasteiger partial charge in [0.1, 0.15) is 6.54 Å². The molecule has 4 heterocycles. The molecule has 1 saturated heterocycles. The van der Waals surface area contributed by atoms with Crippen LogP contribution in [0, 0.1) is 29.6 Å². The van der Waals surface area contributed by atoms with Crippen molar-refractivity contribution in [2.45, 2.75) is 29.2 Å². The Labute approximate surface area is 268 Å². The van der Waals surface area contributed by atoms with E-state index in [0.717, 1.165) is 21.2 Å². The van der Waals surface area contributed by atoms with E-state index in [-0.39, 0.29) is 69.9 Å². The Morgan fingerprint density at radius 3 is 2.26 bits per heavy atom. The number of anilines is 2. The smallest absolute Gasteiger partial charge is 0.308 e. The average Bonchev–Trinajstić information content (AvgIpc) is 3.81. The van der Waals surface area contributed by atoms with Crippen molar-refractivity contribution in [3.63, 3.8) is 0 Å². The minimum atomic E-state index is -0.389. The topological polar surface area (TPSA) is 88.5 Å².